The topological polar surface area (TPSA) is 98.3 Å². The maximum absolute atomic E-state index is 11.6. The fourth-order valence-electron chi connectivity index (χ4n) is 1.55. The van der Waals surface area contributed by atoms with Crippen LogP contribution in [-0.2, 0) is 0 Å². The van der Waals surface area contributed by atoms with Crippen molar-refractivity contribution in [2.24, 2.45) is 4.99 Å². The first kappa shape index (κ1) is 13.9. The molecule has 1 aromatic carbocycles. The van der Waals surface area contributed by atoms with Gasteiger partial charge in [0.2, 0.25) is 5.88 Å². The van der Waals surface area contributed by atoms with Crippen molar-refractivity contribution in [2.75, 3.05) is 0 Å². The number of ketones is 1. The first-order valence-corrected chi connectivity index (χ1v) is 6.09. The maximum atomic E-state index is 11.6. The van der Waals surface area contributed by atoms with Crippen LogP contribution in [0.5, 0.6) is 5.88 Å². The van der Waals surface area contributed by atoms with E-state index in [1.54, 1.807) is 24.3 Å². The minimum absolute atomic E-state index is 0.0308. The van der Waals surface area contributed by atoms with Crippen molar-refractivity contribution in [2.45, 2.75) is 6.92 Å². The smallest absolute Gasteiger partial charge is 0.264 e. The summed E-state index contributed by atoms with van der Waals surface area (Å²) in [5.41, 5.74) is 0.439. The van der Waals surface area contributed by atoms with Crippen molar-refractivity contribution in [3.8, 4) is 5.88 Å². The van der Waals surface area contributed by atoms with Gasteiger partial charge in [0.1, 0.15) is 5.56 Å². The summed E-state index contributed by atoms with van der Waals surface area (Å²) in [6, 6.07) is 6.63. The third-order valence-corrected chi connectivity index (χ3v) is 2.76. The molecule has 0 aliphatic rings. The summed E-state index contributed by atoms with van der Waals surface area (Å²) in [5.74, 6) is -0.434. The van der Waals surface area contributed by atoms with Gasteiger partial charge in [-0.05, 0) is 31.3 Å². The van der Waals surface area contributed by atoms with Crippen molar-refractivity contribution in [3.05, 3.63) is 50.5 Å². The van der Waals surface area contributed by atoms with Gasteiger partial charge in [-0.3, -0.25) is 19.6 Å². The van der Waals surface area contributed by atoms with Crippen molar-refractivity contribution in [3.63, 3.8) is 0 Å². The normalized spacial score (nSPS) is 10.8. The van der Waals surface area contributed by atoms with Crippen LogP contribution >= 0.6 is 12.2 Å². The number of hydrogen-bond donors (Lipinski definition) is 3. The number of carbonyl (C=O) groups is 1. The summed E-state index contributed by atoms with van der Waals surface area (Å²) in [7, 11) is 0. The van der Waals surface area contributed by atoms with E-state index in [4.69, 9.17) is 12.2 Å². The van der Waals surface area contributed by atoms with Gasteiger partial charge in [-0.15, -0.1) is 0 Å². The second-order valence-electron chi connectivity index (χ2n) is 4.04. The number of aromatic hydroxyl groups is 1. The van der Waals surface area contributed by atoms with E-state index in [1.807, 2.05) is 0 Å². The Hall–Kier alpha value is -2.54. The molecule has 0 spiro atoms. The number of aromatic amines is 2. The molecular weight excluding hydrogens is 278 g/mol. The largest absolute Gasteiger partial charge is 0.494 e. The average Bonchev–Trinajstić information content (AvgIpc) is 2.37. The molecule has 0 bridgehead atoms. The Morgan fingerprint density at radius 3 is 2.80 bits per heavy atom. The first-order chi connectivity index (χ1) is 9.47. The molecule has 7 heteroatoms. The molecule has 3 N–H and O–H groups in total. The monoisotopic (exact) mass is 289 g/mol. The number of aromatic nitrogens is 2. The van der Waals surface area contributed by atoms with Crippen LogP contribution in [0.4, 0.5) is 5.69 Å². The molecule has 0 radical (unpaired) electrons. The van der Waals surface area contributed by atoms with Crippen molar-refractivity contribution < 1.29 is 9.90 Å². The van der Waals surface area contributed by atoms with Crippen LogP contribution in [0.2, 0.25) is 0 Å². The van der Waals surface area contributed by atoms with Crippen LogP contribution < -0.4 is 5.56 Å². The van der Waals surface area contributed by atoms with Gasteiger partial charge in [-0.25, -0.2) is 0 Å². The van der Waals surface area contributed by atoms with E-state index in [-0.39, 0.29) is 22.0 Å². The van der Waals surface area contributed by atoms with Crippen molar-refractivity contribution >= 4 is 29.9 Å². The Balaban J connectivity index is 2.40. The Morgan fingerprint density at radius 1 is 1.40 bits per heavy atom. The van der Waals surface area contributed by atoms with Crippen molar-refractivity contribution in [1.82, 2.24) is 9.97 Å². The van der Waals surface area contributed by atoms with E-state index in [1.165, 1.54) is 13.1 Å². The molecule has 6 nitrogen and oxygen atoms in total. The number of hydrogen-bond acceptors (Lipinski definition) is 5. The van der Waals surface area contributed by atoms with E-state index < -0.39 is 5.56 Å². The van der Waals surface area contributed by atoms with Crippen LogP contribution in [0.15, 0.2) is 34.1 Å². The third-order valence-electron chi connectivity index (χ3n) is 2.55. The Bertz CT molecular complexity index is 805. The first-order valence-electron chi connectivity index (χ1n) is 5.68. The highest BCUT2D eigenvalue weighted by atomic mass is 32.1. The van der Waals surface area contributed by atoms with Crippen LogP contribution in [-0.4, -0.2) is 27.1 Å². The zero-order chi connectivity index (χ0) is 14.7. The number of benzene rings is 1. The van der Waals surface area contributed by atoms with E-state index in [0.29, 0.717) is 11.3 Å². The molecule has 0 saturated carbocycles. The zero-order valence-electron chi connectivity index (χ0n) is 10.5. The quantitative estimate of drug-likeness (QED) is 0.458. The van der Waals surface area contributed by atoms with Gasteiger partial charge in [0.25, 0.3) is 5.56 Å². The molecule has 2 rings (SSSR count). The second kappa shape index (κ2) is 5.62. The summed E-state index contributed by atoms with van der Waals surface area (Å²) >= 11 is 4.72. The lowest BCUT2D eigenvalue weighted by atomic mass is 10.1. The lowest BCUT2D eigenvalue weighted by Crippen LogP contribution is -2.13. The Morgan fingerprint density at radius 2 is 2.15 bits per heavy atom. The number of nitrogens with one attached hydrogen (secondary N) is 2. The summed E-state index contributed by atoms with van der Waals surface area (Å²) in [6.07, 6.45) is 1.21. The van der Waals surface area contributed by atoms with Crippen LogP contribution in [0.1, 0.15) is 22.8 Å². The predicted molar refractivity (Wildman–Crippen MR) is 77.6 cm³/mol. The average molecular weight is 289 g/mol. The molecule has 0 unspecified atom stereocenters. The lowest BCUT2D eigenvalue weighted by molar-refractivity contribution is 0.101. The molecule has 0 fully saturated rings. The number of H-pyrrole nitrogens is 2. The van der Waals surface area contributed by atoms with Crippen LogP contribution in [0, 0.1) is 4.77 Å². The van der Waals surface area contributed by atoms with Crippen molar-refractivity contribution in [1.29, 1.82) is 0 Å². The van der Waals surface area contributed by atoms with E-state index in [2.05, 4.69) is 15.0 Å². The second-order valence-corrected chi connectivity index (χ2v) is 4.44. The predicted octanol–water partition coefficient (Wildman–Crippen LogP) is 2.09. The number of carbonyl (C=O) groups excluding carboxylic acids is 1. The number of rotatable bonds is 3. The Labute approximate surface area is 118 Å². The molecule has 1 aromatic heterocycles. The molecule has 102 valence electrons. The molecule has 0 aliphatic heterocycles. The lowest BCUT2D eigenvalue weighted by Gasteiger charge is -1.99. The molecule has 0 saturated heterocycles. The van der Waals surface area contributed by atoms with Gasteiger partial charge in [0.05, 0.1) is 5.69 Å². The summed E-state index contributed by atoms with van der Waals surface area (Å²) in [5, 5.41) is 9.61. The maximum Gasteiger partial charge on any atom is 0.264 e. The fourth-order valence-corrected chi connectivity index (χ4v) is 1.74. The highest BCUT2D eigenvalue weighted by Crippen LogP contribution is 2.15. The highest BCUT2D eigenvalue weighted by molar-refractivity contribution is 7.71. The van der Waals surface area contributed by atoms with Gasteiger partial charge < -0.3 is 10.1 Å². The van der Waals surface area contributed by atoms with E-state index in [0.717, 1.165) is 0 Å². The minimum Gasteiger partial charge on any atom is -0.494 e. The standard InChI is InChI=1S/C13H11N3O3S/c1-7(17)8-3-2-4-9(5-8)14-6-10-11(18)15-13(20)16-12(10)19/h2-6H,1H3,(H3,15,16,18,19,20). The highest BCUT2D eigenvalue weighted by Gasteiger charge is 2.04. The fraction of sp³-hybridized carbons (Fsp3) is 0.0769. The molecule has 0 atom stereocenters. The minimum atomic E-state index is -0.544. The number of nitrogens with zero attached hydrogens (tertiary/aromatic N) is 1. The molecule has 1 heterocycles. The Kier molecular flexibility index (Phi) is 3.90. The van der Waals surface area contributed by atoms with Crippen LogP contribution in [0.25, 0.3) is 0 Å². The van der Waals surface area contributed by atoms with Gasteiger partial charge in [0.15, 0.2) is 10.6 Å². The SMILES string of the molecule is CC(=O)c1cccc(N=Cc2c(O)[nH]c(=S)[nH]c2=O)c1. The zero-order valence-corrected chi connectivity index (χ0v) is 11.3. The number of Topliss-reactive ketones (excluding diaryl/α,β-unsaturated/α-hetero) is 1. The summed E-state index contributed by atoms with van der Waals surface area (Å²) in [4.78, 5) is 31.7. The van der Waals surface area contributed by atoms with Crippen LogP contribution in [0.3, 0.4) is 0 Å². The van der Waals surface area contributed by atoms with Gasteiger partial charge in [-0.2, -0.15) is 0 Å². The molecular formula is C13H11N3O3S. The molecule has 2 aromatic rings. The summed E-state index contributed by atoms with van der Waals surface area (Å²) in [6.45, 7) is 1.45. The molecule has 20 heavy (non-hydrogen) atoms. The number of aliphatic imine (C=N–C) groups is 1. The summed E-state index contributed by atoms with van der Waals surface area (Å²) < 4.78 is 0.0308. The molecule has 0 aliphatic carbocycles. The van der Waals surface area contributed by atoms with E-state index >= 15 is 0 Å². The molecule has 0 amide bonds. The van der Waals surface area contributed by atoms with Gasteiger partial charge in [0, 0.05) is 11.8 Å². The third kappa shape index (κ3) is 3.07. The van der Waals surface area contributed by atoms with Gasteiger partial charge in [-0.1, -0.05) is 12.1 Å². The van der Waals surface area contributed by atoms with Gasteiger partial charge >= 0.3 is 0 Å². The van der Waals surface area contributed by atoms with E-state index in [9.17, 15) is 14.7 Å².